The second-order valence-corrected chi connectivity index (χ2v) is 8.35. The average Bonchev–Trinajstić information content (AvgIpc) is 3.43. The molecular weight excluding hydrogens is 471 g/mol. The van der Waals surface area contributed by atoms with Gasteiger partial charge in [-0.3, -0.25) is 0 Å². The van der Waals surface area contributed by atoms with Gasteiger partial charge >= 0.3 is 5.97 Å². The Morgan fingerprint density at radius 1 is 1.12 bits per heavy atom. The molecule has 0 aliphatic rings. The van der Waals surface area contributed by atoms with Crippen LogP contribution in [0.25, 0.3) is 22.0 Å². The highest BCUT2D eigenvalue weighted by molar-refractivity contribution is 7.13. The highest BCUT2D eigenvalue weighted by atomic mass is 35.5. The van der Waals surface area contributed by atoms with Crippen LogP contribution >= 0.6 is 34.5 Å². The molecule has 2 aromatic heterocycles. The van der Waals surface area contributed by atoms with E-state index in [1.54, 1.807) is 30.8 Å². The first-order valence-electron chi connectivity index (χ1n) is 9.65. The normalized spacial score (nSPS) is 10.9. The van der Waals surface area contributed by atoms with Gasteiger partial charge in [-0.2, -0.15) is 0 Å². The third kappa shape index (κ3) is 4.62. The molecule has 0 radical (unpaired) electrons. The van der Waals surface area contributed by atoms with Gasteiger partial charge in [-0.05, 0) is 36.8 Å². The summed E-state index contributed by atoms with van der Waals surface area (Å²) >= 11 is 13.6. The van der Waals surface area contributed by atoms with E-state index >= 15 is 0 Å². The van der Waals surface area contributed by atoms with E-state index in [9.17, 15) is 4.79 Å². The van der Waals surface area contributed by atoms with Crippen molar-refractivity contribution in [2.75, 3.05) is 13.7 Å². The number of hydrogen-bond donors (Lipinski definition) is 0. The van der Waals surface area contributed by atoms with Crippen molar-refractivity contribution < 1.29 is 14.3 Å². The van der Waals surface area contributed by atoms with Crippen molar-refractivity contribution in [3.8, 4) is 27.7 Å². The molecule has 7 nitrogen and oxygen atoms in total. The zero-order valence-corrected chi connectivity index (χ0v) is 19.5. The smallest absolute Gasteiger partial charge is 0.361 e. The molecule has 0 atom stereocenters. The van der Waals surface area contributed by atoms with Crippen LogP contribution in [0.5, 0.6) is 5.75 Å². The number of aromatic nitrogens is 4. The summed E-state index contributed by atoms with van der Waals surface area (Å²) in [4.78, 5) is 17.3. The molecule has 0 bridgehead atoms. The van der Waals surface area contributed by atoms with Gasteiger partial charge in [0.1, 0.15) is 22.1 Å². The number of hydrogen-bond acceptors (Lipinski definition) is 7. The molecule has 10 heteroatoms. The van der Waals surface area contributed by atoms with Crippen molar-refractivity contribution in [1.82, 2.24) is 20.0 Å². The Labute approximate surface area is 198 Å². The summed E-state index contributed by atoms with van der Waals surface area (Å²) in [5.74, 6) is 0.207. The number of carbonyl (C=O) groups excluding carboxylic acids is 1. The summed E-state index contributed by atoms with van der Waals surface area (Å²) in [5, 5.41) is 11.8. The summed E-state index contributed by atoms with van der Waals surface area (Å²) in [6.07, 6.45) is 0. The molecule has 0 fully saturated rings. The van der Waals surface area contributed by atoms with E-state index in [2.05, 4.69) is 10.3 Å². The minimum atomic E-state index is -0.549. The lowest BCUT2D eigenvalue weighted by atomic mass is 10.2. The van der Waals surface area contributed by atoms with Crippen LogP contribution in [0.3, 0.4) is 0 Å². The van der Waals surface area contributed by atoms with Crippen LogP contribution in [0.1, 0.15) is 23.0 Å². The Morgan fingerprint density at radius 2 is 1.91 bits per heavy atom. The van der Waals surface area contributed by atoms with E-state index in [0.717, 1.165) is 21.9 Å². The number of ether oxygens (including phenoxy) is 2. The Kier molecular flexibility index (Phi) is 6.74. The molecule has 2 aromatic carbocycles. The minimum Gasteiger partial charge on any atom is -0.497 e. The highest BCUT2D eigenvalue weighted by Crippen LogP contribution is 2.33. The van der Waals surface area contributed by atoms with Crippen molar-refractivity contribution in [1.29, 1.82) is 0 Å². The van der Waals surface area contributed by atoms with Gasteiger partial charge in [0.2, 0.25) is 0 Å². The molecule has 0 saturated carbocycles. The van der Waals surface area contributed by atoms with Gasteiger partial charge in [0.15, 0.2) is 5.69 Å². The van der Waals surface area contributed by atoms with Gasteiger partial charge in [0.25, 0.3) is 0 Å². The van der Waals surface area contributed by atoms with Crippen molar-refractivity contribution in [3.05, 3.63) is 69.1 Å². The van der Waals surface area contributed by atoms with Gasteiger partial charge < -0.3 is 9.47 Å². The molecule has 164 valence electrons. The SMILES string of the molecule is CCOC(=O)c1nnn(Cc2ccc(OC)cc2)c1-c1csc(-c2ccc(Cl)c(Cl)c2)n1. The van der Waals surface area contributed by atoms with Crippen molar-refractivity contribution in [2.24, 2.45) is 0 Å². The average molecular weight is 489 g/mol. The molecule has 0 saturated heterocycles. The molecule has 4 rings (SSSR count). The predicted molar refractivity (Wildman–Crippen MR) is 125 cm³/mol. The van der Waals surface area contributed by atoms with E-state index in [0.29, 0.717) is 28.0 Å². The summed E-state index contributed by atoms with van der Waals surface area (Å²) in [6, 6.07) is 12.9. The zero-order valence-electron chi connectivity index (χ0n) is 17.2. The zero-order chi connectivity index (χ0) is 22.7. The number of carbonyl (C=O) groups is 1. The van der Waals surface area contributed by atoms with Gasteiger partial charge in [0.05, 0.1) is 30.3 Å². The van der Waals surface area contributed by atoms with Crippen LogP contribution in [0.2, 0.25) is 10.0 Å². The number of halogens is 2. The Balaban J connectivity index is 1.73. The fourth-order valence-corrected chi connectivity index (χ4v) is 4.16. The number of methoxy groups -OCH3 is 1. The van der Waals surface area contributed by atoms with E-state index in [-0.39, 0.29) is 12.3 Å². The monoisotopic (exact) mass is 488 g/mol. The molecular formula is C22H18Cl2N4O3S. The predicted octanol–water partition coefficient (Wildman–Crippen LogP) is 5.61. The molecule has 0 aliphatic carbocycles. The van der Waals surface area contributed by atoms with Crippen LogP contribution in [-0.2, 0) is 11.3 Å². The Hall–Kier alpha value is -2.94. The quantitative estimate of drug-likeness (QED) is 0.314. The highest BCUT2D eigenvalue weighted by Gasteiger charge is 2.24. The van der Waals surface area contributed by atoms with Crippen molar-refractivity contribution in [2.45, 2.75) is 13.5 Å². The van der Waals surface area contributed by atoms with Gasteiger partial charge in [-0.1, -0.05) is 46.6 Å². The third-order valence-corrected chi connectivity index (χ3v) is 6.24. The molecule has 0 N–H and O–H groups in total. The van der Waals surface area contributed by atoms with Crippen molar-refractivity contribution >= 4 is 40.5 Å². The topological polar surface area (TPSA) is 79.1 Å². The number of benzene rings is 2. The number of thiazole rings is 1. The Morgan fingerprint density at radius 3 is 2.59 bits per heavy atom. The molecule has 0 unspecified atom stereocenters. The molecule has 32 heavy (non-hydrogen) atoms. The molecule has 0 amide bonds. The first kappa shape index (κ1) is 22.3. The van der Waals surface area contributed by atoms with E-state index < -0.39 is 5.97 Å². The maximum Gasteiger partial charge on any atom is 0.361 e. The second kappa shape index (κ2) is 9.68. The van der Waals surface area contributed by atoms with E-state index in [1.807, 2.05) is 35.7 Å². The van der Waals surface area contributed by atoms with E-state index in [1.165, 1.54) is 11.3 Å². The standard InChI is InChI=1S/C22H18Cl2N4O3S/c1-3-31-22(29)19-20(28(27-26-19)11-13-4-7-15(30-2)8-5-13)18-12-32-21(25-18)14-6-9-16(23)17(24)10-14/h4-10,12H,3,11H2,1-2H3. The fraction of sp³-hybridized carbons (Fsp3) is 0.182. The summed E-state index contributed by atoms with van der Waals surface area (Å²) < 4.78 is 12.0. The Bertz CT molecular complexity index is 1250. The third-order valence-electron chi connectivity index (χ3n) is 4.61. The van der Waals surface area contributed by atoms with Crippen molar-refractivity contribution in [3.63, 3.8) is 0 Å². The molecule has 2 heterocycles. The maximum atomic E-state index is 12.5. The number of rotatable bonds is 7. The van der Waals surface area contributed by atoms with Gasteiger partial charge in [-0.15, -0.1) is 16.4 Å². The van der Waals surface area contributed by atoms with E-state index in [4.69, 9.17) is 37.7 Å². The lowest BCUT2D eigenvalue weighted by Gasteiger charge is -2.07. The van der Waals surface area contributed by atoms with Crippen LogP contribution in [0.15, 0.2) is 47.8 Å². The lowest BCUT2D eigenvalue weighted by molar-refractivity contribution is 0.0520. The first-order chi connectivity index (χ1) is 15.5. The summed E-state index contributed by atoms with van der Waals surface area (Å²) in [5.41, 5.74) is 2.96. The van der Waals surface area contributed by atoms with Gasteiger partial charge in [-0.25, -0.2) is 14.5 Å². The number of esters is 1. The van der Waals surface area contributed by atoms with Crippen LogP contribution in [-0.4, -0.2) is 39.7 Å². The lowest BCUT2D eigenvalue weighted by Crippen LogP contribution is -2.09. The minimum absolute atomic E-state index is 0.117. The largest absolute Gasteiger partial charge is 0.497 e. The molecule has 0 spiro atoms. The van der Waals surface area contributed by atoms with Crippen LogP contribution < -0.4 is 4.74 Å². The van der Waals surface area contributed by atoms with Crippen LogP contribution in [0.4, 0.5) is 0 Å². The first-order valence-corrected chi connectivity index (χ1v) is 11.3. The fourth-order valence-electron chi connectivity index (χ4n) is 3.06. The second-order valence-electron chi connectivity index (χ2n) is 6.68. The van der Waals surface area contributed by atoms with Gasteiger partial charge in [0, 0.05) is 10.9 Å². The number of nitrogens with zero attached hydrogens (tertiary/aromatic N) is 4. The molecule has 4 aromatic rings. The van der Waals surface area contributed by atoms with Crippen LogP contribution in [0, 0.1) is 0 Å². The summed E-state index contributed by atoms with van der Waals surface area (Å²) in [7, 11) is 1.61. The maximum absolute atomic E-state index is 12.5. The molecule has 0 aliphatic heterocycles. The summed E-state index contributed by atoms with van der Waals surface area (Å²) in [6.45, 7) is 2.37.